The number of anilines is 1. The van der Waals surface area contributed by atoms with E-state index in [0.29, 0.717) is 31.3 Å². The summed E-state index contributed by atoms with van der Waals surface area (Å²) in [6.45, 7) is 3.83. The number of nitrogens with zero attached hydrogens (tertiary/aromatic N) is 1. The highest BCUT2D eigenvalue weighted by Gasteiger charge is 2.29. The van der Waals surface area contributed by atoms with E-state index in [0.717, 1.165) is 30.4 Å². The quantitative estimate of drug-likeness (QED) is 0.439. The zero-order chi connectivity index (χ0) is 25.2. The lowest BCUT2D eigenvalue weighted by atomic mass is 9.90. The van der Waals surface area contributed by atoms with Crippen LogP contribution in [0.3, 0.4) is 0 Å². The molecule has 1 heterocycles. The Labute approximate surface area is 213 Å². The molecule has 1 aliphatic rings. The Morgan fingerprint density at radius 2 is 1.58 bits per heavy atom. The van der Waals surface area contributed by atoms with Crippen LogP contribution in [0.25, 0.3) is 0 Å². The average molecular weight is 486 g/mol. The molecule has 1 saturated heterocycles. The molecule has 0 spiro atoms. The predicted octanol–water partition coefficient (Wildman–Crippen LogP) is 5.18. The Balaban J connectivity index is 1.35. The molecular formula is C30H35N3O3. The number of amides is 3. The van der Waals surface area contributed by atoms with Crippen LogP contribution in [-0.2, 0) is 22.6 Å². The highest BCUT2D eigenvalue weighted by atomic mass is 16.5. The van der Waals surface area contributed by atoms with Gasteiger partial charge in [-0.2, -0.15) is 0 Å². The number of ether oxygens (including phenoxy) is 1. The zero-order valence-electron chi connectivity index (χ0n) is 20.9. The van der Waals surface area contributed by atoms with Crippen LogP contribution < -0.4 is 10.6 Å². The van der Waals surface area contributed by atoms with Crippen molar-refractivity contribution in [3.05, 3.63) is 102 Å². The minimum atomic E-state index is -0.760. The van der Waals surface area contributed by atoms with Crippen LogP contribution >= 0.6 is 0 Å². The molecule has 1 aliphatic heterocycles. The maximum atomic E-state index is 13.5. The number of aryl methyl sites for hydroxylation is 1. The number of rotatable bonds is 9. The molecule has 0 aliphatic carbocycles. The van der Waals surface area contributed by atoms with Gasteiger partial charge in [0.25, 0.3) is 0 Å². The number of carbonyl (C=O) groups excluding carboxylic acids is 2. The zero-order valence-corrected chi connectivity index (χ0v) is 20.9. The number of urea groups is 1. The third-order valence-electron chi connectivity index (χ3n) is 6.57. The average Bonchev–Trinajstić information content (AvgIpc) is 2.89. The van der Waals surface area contributed by atoms with Gasteiger partial charge in [-0.15, -0.1) is 0 Å². The molecule has 1 atom stereocenters. The van der Waals surface area contributed by atoms with Crippen LogP contribution in [0.2, 0.25) is 0 Å². The lowest BCUT2D eigenvalue weighted by Gasteiger charge is -2.34. The second kappa shape index (κ2) is 12.9. The minimum Gasteiger partial charge on any atom is -0.374 e. The molecule has 2 N–H and O–H groups in total. The first-order chi connectivity index (χ1) is 17.6. The van der Waals surface area contributed by atoms with Gasteiger partial charge in [0.05, 0.1) is 13.2 Å². The van der Waals surface area contributed by atoms with Gasteiger partial charge in [0, 0.05) is 18.8 Å². The Bertz CT molecular complexity index is 1110. The van der Waals surface area contributed by atoms with E-state index in [9.17, 15) is 9.59 Å². The molecule has 3 aromatic rings. The van der Waals surface area contributed by atoms with Crippen molar-refractivity contribution in [2.45, 2.75) is 38.8 Å². The highest BCUT2D eigenvalue weighted by Crippen LogP contribution is 2.22. The van der Waals surface area contributed by atoms with Crippen LogP contribution in [-0.4, -0.2) is 42.6 Å². The summed E-state index contributed by atoms with van der Waals surface area (Å²) in [7, 11) is 0. The molecule has 188 valence electrons. The van der Waals surface area contributed by atoms with Gasteiger partial charge >= 0.3 is 6.03 Å². The van der Waals surface area contributed by atoms with Crippen molar-refractivity contribution in [2.24, 2.45) is 5.92 Å². The SMILES string of the molecule is Cc1cccc(NC(=O)N[C@H](COCc2ccccc2)C(=O)N2CCC(Cc3ccccc3)CC2)c1. The number of likely N-dealkylation sites (tertiary alicyclic amines) is 1. The Morgan fingerprint density at radius 3 is 2.25 bits per heavy atom. The van der Waals surface area contributed by atoms with E-state index in [-0.39, 0.29) is 12.5 Å². The first kappa shape index (κ1) is 25.5. The molecule has 4 rings (SSSR count). The van der Waals surface area contributed by atoms with Crippen molar-refractivity contribution in [1.29, 1.82) is 0 Å². The lowest BCUT2D eigenvalue weighted by molar-refractivity contribution is -0.136. The molecule has 1 fully saturated rings. The van der Waals surface area contributed by atoms with Gasteiger partial charge in [0.2, 0.25) is 5.91 Å². The second-order valence-electron chi connectivity index (χ2n) is 9.48. The molecule has 3 amide bonds. The Morgan fingerprint density at radius 1 is 0.917 bits per heavy atom. The van der Waals surface area contributed by atoms with Crippen LogP contribution in [0, 0.1) is 12.8 Å². The molecule has 36 heavy (non-hydrogen) atoms. The lowest BCUT2D eigenvalue weighted by Crippen LogP contribution is -2.53. The first-order valence-electron chi connectivity index (χ1n) is 12.7. The van der Waals surface area contributed by atoms with Crippen LogP contribution in [0.4, 0.5) is 10.5 Å². The molecule has 0 radical (unpaired) electrons. The molecule has 6 nitrogen and oxygen atoms in total. The van der Waals surface area contributed by atoms with Crippen LogP contribution in [0.1, 0.15) is 29.5 Å². The predicted molar refractivity (Wildman–Crippen MR) is 143 cm³/mol. The summed E-state index contributed by atoms with van der Waals surface area (Å²) in [5, 5.41) is 5.69. The summed E-state index contributed by atoms with van der Waals surface area (Å²) in [5.74, 6) is 0.461. The van der Waals surface area contributed by atoms with E-state index in [1.165, 1.54) is 5.56 Å². The summed E-state index contributed by atoms with van der Waals surface area (Å²) in [4.78, 5) is 28.1. The summed E-state index contributed by atoms with van der Waals surface area (Å²) in [6, 6.07) is 26.7. The summed E-state index contributed by atoms with van der Waals surface area (Å²) in [6.07, 6.45) is 2.94. The fourth-order valence-corrected chi connectivity index (χ4v) is 4.62. The van der Waals surface area contributed by atoms with Crippen molar-refractivity contribution >= 4 is 17.6 Å². The number of benzene rings is 3. The summed E-state index contributed by atoms with van der Waals surface area (Å²) >= 11 is 0. The number of hydrogen-bond acceptors (Lipinski definition) is 3. The summed E-state index contributed by atoms with van der Waals surface area (Å²) < 4.78 is 5.87. The minimum absolute atomic E-state index is 0.0967. The number of piperidine rings is 1. The Hall–Kier alpha value is -3.64. The van der Waals surface area contributed by atoms with Crippen molar-refractivity contribution in [3.8, 4) is 0 Å². The van der Waals surface area contributed by atoms with Crippen molar-refractivity contribution < 1.29 is 14.3 Å². The summed E-state index contributed by atoms with van der Waals surface area (Å²) in [5.41, 5.74) is 4.09. The number of nitrogens with one attached hydrogen (secondary N) is 2. The first-order valence-corrected chi connectivity index (χ1v) is 12.7. The highest BCUT2D eigenvalue weighted by molar-refractivity contribution is 5.93. The van der Waals surface area contributed by atoms with E-state index < -0.39 is 12.1 Å². The van der Waals surface area contributed by atoms with E-state index >= 15 is 0 Å². The largest absolute Gasteiger partial charge is 0.374 e. The standard InChI is InChI=1S/C30H35N3O3/c1-23-9-8-14-27(19-23)31-30(35)32-28(22-36-21-26-12-6-3-7-13-26)29(34)33-17-15-25(16-18-33)20-24-10-4-2-5-11-24/h2-14,19,25,28H,15-18,20-22H2,1H3,(H2,31,32,35)/t28-/m1/s1. The monoisotopic (exact) mass is 485 g/mol. The van der Waals surface area contributed by atoms with Gasteiger partial charge < -0.3 is 20.3 Å². The van der Waals surface area contributed by atoms with Gasteiger partial charge in [-0.3, -0.25) is 4.79 Å². The van der Waals surface area contributed by atoms with E-state index in [2.05, 4.69) is 34.9 Å². The second-order valence-corrected chi connectivity index (χ2v) is 9.48. The molecule has 0 unspecified atom stereocenters. The van der Waals surface area contributed by atoms with Gasteiger partial charge in [-0.1, -0.05) is 72.8 Å². The number of hydrogen-bond donors (Lipinski definition) is 2. The normalized spacial score (nSPS) is 14.8. The van der Waals surface area contributed by atoms with E-state index in [4.69, 9.17) is 4.74 Å². The van der Waals surface area contributed by atoms with Crippen LogP contribution in [0.15, 0.2) is 84.9 Å². The fourth-order valence-electron chi connectivity index (χ4n) is 4.62. The van der Waals surface area contributed by atoms with Gasteiger partial charge in [0.1, 0.15) is 6.04 Å². The van der Waals surface area contributed by atoms with Gasteiger partial charge in [-0.05, 0) is 60.9 Å². The van der Waals surface area contributed by atoms with Gasteiger partial charge in [0.15, 0.2) is 0 Å². The van der Waals surface area contributed by atoms with Crippen molar-refractivity contribution in [1.82, 2.24) is 10.2 Å². The van der Waals surface area contributed by atoms with Crippen LogP contribution in [0.5, 0.6) is 0 Å². The molecule has 0 aromatic heterocycles. The molecule has 3 aromatic carbocycles. The third-order valence-corrected chi connectivity index (χ3v) is 6.57. The maximum absolute atomic E-state index is 13.5. The topological polar surface area (TPSA) is 70.7 Å². The molecule has 6 heteroatoms. The molecule has 0 saturated carbocycles. The van der Waals surface area contributed by atoms with Crippen molar-refractivity contribution in [3.63, 3.8) is 0 Å². The van der Waals surface area contributed by atoms with Gasteiger partial charge in [-0.25, -0.2) is 4.79 Å². The third kappa shape index (κ3) is 7.68. The molecule has 0 bridgehead atoms. The van der Waals surface area contributed by atoms with E-state index in [1.807, 2.05) is 72.5 Å². The van der Waals surface area contributed by atoms with Crippen molar-refractivity contribution in [2.75, 3.05) is 25.0 Å². The smallest absolute Gasteiger partial charge is 0.319 e. The number of carbonyl (C=O) groups is 2. The fraction of sp³-hybridized carbons (Fsp3) is 0.333. The molecular weight excluding hydrogens is 450 g/mol. The maximum Gasteiger partial charge on any atom is 0.319 e. The Kier molecular flexibility index (Phi) is 9.11. The van der Waals surface area contributed by atoms with E-state index in [1.54, 1.807) is 0 Å².